The Bertz CT molecular complexity index is 873. The molecule has 0 radical (unpaired) electrons. The van der Waals surface area contributed by atoms with Crippen LogP contribution in [0.5, 0.6) is 5.75 Å². The van der Waals surface area contributed by atoms with Gasteiger partial charge in [-0.15, -0.1) is 0 Å². The van der Waals surface area contributed by atoms with E-state index in [1.165, 1.54) is 44.3 Å². The molecule has 3 aromatic carbocycles. The largest absolute Gasteiger partial charge is 0.508 e. The van der Waals surface area contributed by atoms with Crippen molar-refractivity contribution in [3.8, 4) is 5.75 Å². The average Bonchev–Trinajstić information content (AvgIpc) is 2.54. The summed E-state index contributed by atoms with van der Waals surface area (Å²) in [5.41, 5.74) is 11.4. The number of phenolic OH excluding ortho intramolecular Hbond substituents is 1. The van der Waals surface area contributed by atoms with Gasteiger partial charge in [0.1, 0.15) is 5.75 Å². The van der Waals surface area contributed by atoms with Crippen molar-refractivity contribution in [1.29, 1.82) is 0 Å². The van der Waals surface area contributed by atoms with Gasteiger partial charge in [0, 0.05) is 5.69 Å². The standard InChI is InChI=1S/C24H28BNO/c1-15-11-17(3)23(18(4)12-15)25(26-21-7-9-22(27)10-8-21)24-19(5)13-16(2)14-20(24)6/h7-14,26-27H,1-6H3. The molecule has 0 aliphatic rings. The molecule has 0 unspecified atom stereocenters. The van der Waals surface area contributed by atoms with Gasteiger partial charge >= 0.3 is 6.85 Å². The molecule has 0 heterocycles. The minimum Gasteiger partial charge on any atom is -0.508 e. The van der Waals surface area contributed by atoms with Gasteiger partial charge in [0.2, 0.25) is 0 Å². The number of hydrogen-bond acceptors (Lipinski definition) is 2. The predicted molar refractivity (Wildman–Crippen MR) is 118 cm³/mol. The highest BCUT2D eigenvalue weighted by atomic mass is 16.3. The molecule has 3 rings (SSSR count). The Morgan fingerprint density at radius 3 is 1.37 bits per heavy atom. The third kappa shape index (κ3) is 4.03. The molecule has 2 N–H and O–H groups in total. The number of phenols is 1. The minimum atomic E-state index is 0.0516. The Hall–Kier alpha value is -2.68. The maximum Gasteiger partial charge on any atom is 0.322 e. The van der Waals surface area contributed by atoms with E-state index in [0.717, 1.165) is 5.69 Å². The van der Waals surface area contributed by atoms with E-state index in [9.17, 15) is 5.11 Å². The van der Waals surface area contributed by atoms with Crippen LogP contribution in [0.1, 0.15) is 33.4 Å². The molecule has 0 saturated heterocycles. The second-order valence-corrected chi connectivity index (χ2v) is 7.75. The summed E-state index contributed by atoms with van der Waals surface area (Å²) in [5, 5.41) is 13.4. The molecule has 0 aromatic heterocycles. The number of aryl methyl sites for hydroxylation is 6. The summed E-state index contributed by atoms with van der Waals surface area (Å²) < 4.78 is 0. The molecule has 2 nitrogen and oxygen atoms in total. The van der Waals surface area contributed by atoms with E-state index in [1.54, 1.807) is 12.1 Å². The number of hydrogen-bond donors (Lipinski definition) is 2. The Balaban J connectivity index is 2.20. The van der Waals surface area contributed by atoms with Gasteiger partial charge in [-0.25, -0.2) is 0 Å². The number of aromatic hydroxyl groups is 1. The molecule has 27 heavy (non-hydrogen) atoms. The highest BCUT2D eigenvalue weighted by Crippen LogP contribution is 2.17. The van der Waals surface area contributed by atoms with Crippen molar-refractivity contribution < 1.29 is 5.11 Å². The lowest BCUT2D eigenvalue weighted by Crippen LogP contribution is -2.53. The summed E-state index contributed by atoms with van der Waals surface area (Å²) in [4.78, 5) is 0. The van der Waals surface area contributed by atoms with Crippen LogP contribution < -0.4 is 16.2 Å². The molecule has 0 atom stereocenters. The van der Waals surface area contributed by atoms with E-state index in [4.69, 9.17) is 0 Å². The predicted octanol–water partition coefficient (Wildman–Crippen LogP) is 4.46. The van der Waals surface area contributed by atoms with Gasteiger partial charge < -0.3 is 10.3 Å². The second kappa shape index (κ2) is 7.52. The molecule has 3 aromatic rings. The van der Waals surface area contributed by atoms with Gasteiger partial charge in [-0.1, -0.05) is 57.6 Å². The van der Waals surface area contributed by atoms with Gasteiger partial charge in [-0.2, -0.15) is 0 Å². The fraction of sp³-hybridized carbons (Fsp3) is 0.250. The Kier molecular flexibility index (Phi) is 5.32. The van der Waals surface area contributed by atoms with Gasteiger partial charge in [0.05, 0.1) is 0 Å². The van der Waals surface area contributed by atoms with Crippen molar-refractivity contribution in [2.24, 2.45) is 0 Å². The molecule has 0 aliphatic heterocycles. The number of rotatable bonds is 4. The second-order valence-electron chi connectivity index (χ2n) is 7.75. The summed E-state index contributed by atoms with van der Waals surface area (Å²) in [6.45, 7) is 13.1. The van der Waals surface area contributed by atoms with Crippen LogP contribution in [0.4, 0.5) is 5.69 Å². The summed E-state index contributed by atoms with van der Waals surface area (Å²) in [5.74, 6) is 0.280. The normalized spacial score (nSPS) is 10.7. The van der Waals surface area contributed by atoms with Crippen molar-refractivity contribution >= 4 is 23.5 Å². The third-order valence-electron chi connectivity index (χ3n) is 5.23. The van der Waals surface area contributed by atoms with Crippen molar-refractivity contribution in [2.45, 2.75) is 41.5 Å². The Labute approximate surface area is 163 Å². The zero-order chi connectivity index (χ0) is 19.7. The van der Waals surface area contributed by atoms with E-state index in [-0.39, 0.29) is 12.6 Å². The van der Waals surface area contributed by atoms with E-state index in [1.807, 2.05) is 12.1 Å². The average molecular weight is 357 g/mol. The molecule has 0 bridgehead atoms. The number of anilines is 1. The van der Waals surface area contributed by atoms with E-state index < -0.39 is 0 Å². The van der Waals surface area contributed by atoms with Crippen molar-refractivity contribution in [2.75, 3.05) is 5.23 Å². The molecule has 138 valence electrons. The van der Waals surface area contributed by atoms with Crippen LogP contribution in [0.25, 0.3) is 0 Å². The third-order valence-corrected chi connectivity index (χ3v) is 5.23. The van der Waals surface area contributed by atoms with Crippen LogP contribution >= 0.6 is 0 Å². The monoisotopic (exact) mass is 357 g/mol. The van der Waals surface area contributed by atoms with Crippen LogP contribution in [-0.2, 0) is 0 Å². The van der Waals surface area contributed by atoms with Crippen molar-refractivity contribution in [1.82, 2.24) is 0 Å². The van der Waals surface area contributed by atoms with E-state index >= 15 is 0 Å². The molecule has 0 saturated carbocycles. The lowest BCUT2D eigenvalue weighted by Gasteiger charge is -2.25. The fourth-order valence-corrected chi connectivity index (χ4v) is 4.31. The maximum absolute atomic E-state index is 9.63. The zero-order valence-electron chi connectivity index (χ0n) is 17.1. The Morgan fingerprint density at radius 1 is 0.630 bits per heavy atom. The summed E-state index contributed by atoms with van der Waals surface area (Å²) in [6, 6.07) is 16.3. The smallest absolute Gasteiger partial charge is 0.322 e. The summed E-state index contributed by atoms with van der Waals surface area (Å²) in [7, 11) is 0. The first-order valence-electron chi connectivity index (χ1n) is 9.47. The highest BCUT2D eigenvalue weighted by molar-refractivity contribution is 6.88. The molecule has 3 heteroatoms. The Morgan fingerprint density at radius 2 is 1.00 bits per heavy atom. The topological polar surface area (TPSA) is 32.3 Å². The van der Waals surface area contributed by atoms with E-state index in [0.29, 0.717) is 0 Å². The zero-order valence-corrected chi connectivity index (χ0v) is 17.1. The molecule has 0 amide bonds. The lowest BCUT2D eigenvalue weighted by molar-refractivity contribution is 0.475. The molecular formula is C24H28BNO. The summed E-state index contributed by atoms with van der Waals surface area (Å²) >= 11 is 0. The lowest BCUT2D eigenvalue weighted by atomic mass is 9.46. The molecule has 0 fully saturated rings. The van der Waals surface area contributed by atoms with Gasteiger partial charge in [0.15, 0.2) is 0 Å². The van der Waals surface area contributed by atoms with E-state index in [2.05, 4.69) is 71.0 Å². The fourth-order valence-electron chi connectivity index (χ4n) is 4.31. The quantitative estimate of drug-likeness (QED) is 0.534. The maximum atomic E-state index is 9.63. The van der Waals surface area contributed by atoms with Crippen LogP contribution in [0.3, 0.4) is 0 Å². The van der Waals surface area contributed by atoms with Crippen molar-refractivity contribution in [3.63, 3.8) is 0 Å². The number of nitrogens with one attached hydrogen (secondary N) is 1. The highest BCUT2D eigenvalue weighted by Gasteiger charge is 2.27. The van der Waals surface area contributed by atoms with Crippen LogP contribution in [0.15, 0.2) is 48.5 Å². The van der Waals surface area contributed by atoms with Crippen LogP contribution in [0, 0.1) is 41.5 Å². The minimum absolute atomic E-state index is 0.0516. The molecule has 0 spiro atoms. The van der Waals surface area contributed by atoms with Crippen molar-refractivity contribution in [3.05, 3.63) is 81.9 Å². The first kappa shape index (κ1) is 19.1. The first-order valence-corrected chi connectivity index (χ1v) is 9.47. The first-order chi connectivity index (χ1) is 12.8. The summed E-state index contributed by atoms with van der Waals surface area (Å²) in [6.07, 6.45) is 0. The molecule has 0 aliphatic carbocycles. The van der Waals surface area contributed by atoms with Gasteiger partial charge in [-0.05, 0) is 76.7 Å². The van der Waals surface area contributed by atoms with Crippen LogP contribution in [-0.4, -0.2) is 12.0 Å². The van der Waals surface area contributed by atoms with Gasteiger partial charge in [0.25, 0.3) is 0 Å². The van der Waals surface area contributed by atoms with Crippen LogP contribution in [0.2, 0.25) is 0 Å². The van der Waals surface area contributed by atoms with Gasteiger partial charge in [-0.3, -0.25) is 0 Å². The molecular weight excluding hydrogens is 329 g/mol. The SMILES string of the molecule is Cc1cc(C)c(B(Nc2ccc(O)cc2)c2c(C)cc(C)cc2C)c(C)c1. The number of benzene rings is 3.